The highest BCUT2D eigenvalue weighted by Gasteiger charge is 2.15. The summed E-state index contributed by atoms with van der Waals surface area (Å²) >= 11 is 1.26. The molecule has 0 bridgehead atoms. The van der Waals surface area contributed by atoms with Gasteiger partial charge in [-0.25, -0.2) is 4.68 Å². The maximum atomic E-state index is 12.7. The maximum absolute atomic E-state index is 12.7. The number of amides is 1. The number of thioether (sulfide) groups is 1. The van der Waals surface area contributed by atoms with E-state index in [1.54, 1.807) is 35.8 Å². The Balaban J connectivity index is 1.42. The molecule has 176 valence electrons. The molecule has 2 aromatic carbocycles. The van der Waals surface area contributed by atoms with E-state index in [1.165, 1.54) is 11.8 Å². The second-order valence-electron chi connectivity index (χ2n) is 7.48. The fraction of sp³-hybridized carbons (Fsp3) is 0.261. The number of carbonyl (C=O) groups excluding carboxylic acids is 1. The average molecular weight is 480 g/mol. The molecule has 34 heavy (non-hydrogen) atoms. The van der Waals surface area contributed by atoms with Crippen LogP contribution in [0.4, 0.5) is 5.82 Å². The van der Waals surface area contributed by atoms with Crippen molar-refractivity contribution in [1.82, 2.24) is 30.0 Å². The van der Waals surface area contributed by atoms with Gasteiger partial charge in [0.05, 0.1) is 38.4 Å². The van der Waals surface area contributed by atoms with Crippen molar-refractivity contribution in [3.63, 3.8) is 0 Å². The van der Waals surface area contributed by atoms with E-state index >= 15 is 0 Å². The third-order valence-corrected chi connectivity index (χ3v) is 6.30. The van der Waals surface area contributed by atoms with Gasteiger partial charge in [0, 0.05) is 17.7 Å². The molecule has 0 spiro atoms. The Morgan fingerprint density at radius 1 is 1.12 bits per heavy atom. The number of rotatable bonds is 9. The second kappa shape index (κ2) is 10.4. The largest absolute Gasteiger partial charge is 0.497 e. The summed E-state index contributed by atoms with van der Waals surface area (Å²) in [6, 6.07) is 13.3. The van der Waals surface area contributed by atoms with Gasteiger partial charge in [-0.15, -0.1) is 5.10 Å². The van der Waals surface area contributed by atoms with Crippen LogP contribution in [0.3, 0.4) is 0 Å². The van der Waals surface area contributed by atoms with Crippen LogP contribution in [0.2, 0.25) is 0 Å². The number of carbonyl (C=O) groups is 1. The molecule has 10 nitrogen and oxygen atoms in total. The number of aryl methyl sites for hydroxylation is 1. The molecule has 4 aromatic rings. The van der Waals surface area contributed by atoms with Gasteiger partial charge < -0.3 is 14.8 Å². The van der Waals surface area contributed by atoms with Crippen molar-refractivity contribution in [3.8, 4) is 17.2 Å². The van der Waals surface area contributed by atoms with E-state index in [9.17, 15) is 4.79 Å². The average Bonchev–Trinajstić information content (AvgIpc) is 3.49. The minimum absolute atomic E-state index is 0.141. The Bertz CT molecular complexity index is 1300. The van der Waals surface area contributed by atoms with Crippen molar-refractivity contribution in [2.45, 2.75) is 25.5 Å². The summed E-state index contributed by atoms with van der Waals surface area (Å²) in [5, 5.41) is 19.8. The zero-order valence-corrected chi connectivity index (χ0v) is 20.2. The number of nitrogens with one attached hydrogen (secondary N) is 1. The Kier molecular flexibility index (Phi) is 7.12. The number of tetrazole rings is 1. The quantitative estimate of drug-likeness (QED) is 0.364. The Hall–Kier alpha value is -3.86. The number of ether oxygens (including phenoxy) is 2. The van der Waals surface area contributed by atoms with Gasteiger partial charge in [0.25, 0.3) is 0 Å². The van der Waals surface area contributed by atoms with Crippen molar-refractivity contribution < 1.29 is 14.3 Å². The molecule has 2 aromatic heterocycles. The van der Waals surface area contributed by atoms with Crippen LogP contribution >= 0.6 is 11.8 Å². The number of aromatic nitrogens is 6. The minimum atomic E-state index is -0.191. The van der Waals surface area contributed by atoms with Crippen molar-refractivity contribution in [3.05, 3.63) is 65.4 Å². The third kappa shape index (κ3) is 5.04. The zero-order valence-electron chi connectivity index (χ0n) is 19.3. The summed E-state index contributed by atoms with van der Waals surface area (Å²) in [5.41, 5.74) is 4.02. The van der Waals surface area contributed by atoms with Gasteiger partial charge in [0.1, 0.15) is 17.3 Å². The number of hydrogen-bond donors (Lipinski definition) is 1. The van der Waals surface area contributed by atoms with Crippen LogP contribution in [0, 0.1) is 13.8 Å². The van der Waals surface area contributed by atoms with Crippen molar-refractivity contribution in [1.29, 1.82) is 0 Å². The summed E-state index contributed by atoms with van der Waals surface area (Å²) in [4.78, 5) is 12.7. The lowest BCUT2D eigenvalue weighted by atomic mass is 10.1. The van der Waals surface area contributed by atoms with Crippen LogP contribution in [-0.4, -0.2) is 55.9 Å². The zero-order chi connectivity index (χ0) is 24.1. The lowest BCUT2D eigenvalue weighted by Crippen LogP contribution is -2.18. The SMILES string of the molecule is COc1ccc(Cn2nccc2NC(=O)CSc2nnnn2-c2cccc(C)c2C)c(OC)c1. The first kappa shape index (κ1) is 23.3. The number of methoxy groups -OCH3 is 2. The summed E-state index contributed by atoms with van der Waals surface area (Å²) in [7, 11) is 3.21. The molecule has 0 fully saturated rings. The summed E-state index contributed by atoms with van der Waals surface area (Å²) in [6.07, 6.45) is 1.64. The summed E-state index contributed by atoms with van der Waals surface area (Å²) in [6.45, 7) is 4.48. The number of nitrogens with zero attached hydrogens (tertiary/aromatic N) is 6. The smallest absolute Gasteiger partial charge is 0.235 e. The van der Waals surface area contributed by atoms with E-state index in [1.807, 2.05) is 50.2 Å². The Morgan fingerprint density at radius 3 is 2.76 bits per heavy atom. The van der Waals surface area contributed by atoms with Crippen LogP contribution in [0.1, 0.15) is 16.7 Å². The van der Waals surface area contributed by atoms with Crippen LogP contribution in [0.5, 0.6) is 11.5 Å². The lowest BCUT2D eigenvalue weighted by Gasteiger charge is -2.13. The normalized spacial score (nSPS) is 10.8. The van der Waals surface area contributed by atoms with Crippen LogP contribution in [0.15, 0.2) is 53.8 Å². The van der Waals surface area contributed by atoms with Crippen molar-refractivity contribution >= 4 is 23.5 Å². The molecule has 0 unspecified atom stereocenters. The van der Waals surface area contributed by atoms with Crippen molar-refractivity contribution in [2.75, 3.05) is 25.3 Å². The van der Waals surface area contributed by atoms with Crippen LogP contribution in [-0.2, 0) is 11.3 Å². The molecule has 0 atom stereocenters. The van der Waals surface area contributed by atoms with Gasteiger partial charge in [-0.05, 0) is 53.6 Å². The Morgan fingerprint density at radius 2 is 1.97 bits per heavy atom. The summed E-state index contributed by atoms with van der Waals surface area (Å²) < 4.78 is 14.1. The van der Waals surface area contributed by atoms with E-state index in [0.717, 1.165) is 22.4 Å². The standard InChI is InChI=1S/C23H25N7O3S/c1-15-6-5-7-19(16(15)2)30-23(26-27-28-30)34-14-22(31)25-21-10-11-24-29(21)13-17-8-9-18(32-3)12-20(17)33-4/h5-12H,13-14H2,1-4H3,(H,25,31). The maximum Gasteiger partial charge on any atom is 0.235 e. The number of anilines is 1. The van der Waals surface area contributed by atoms with Gasteiger partial charge in [0.15, 0.2) is 0 Å². The second-order valence-corrected chi connectivity index (χ2v) is 8.42. The van der Waals surface area contributed by atoms with Crippen LogP contribution in [0.25, 0.3) is 5.69 Å². The molecular formula is C23H25N7O3S. The van der Waals surface area contributed by atoms with E-state index in [0.29, 0.717) is 29.0 Å². The highest BCUT2D eigenvalue weighted by molar-refractivity contribution is 7.99. The molecule has 2 heterocycles. The van der Waals surface area contributed by atoms with Crippen molar-refractivity contribution in [2.24, 2.45) is 0 Å². The molecule has 1 amide bonds. The molecule has 0 radical (unpaired) electrons. The molecule has 1 N–H and O–H groups in total. The van der Waals surface area contributed by atoms with Crippen LogP contribution < -0.4 is 14.8 Å². The molecular weight excluding hydrogens is 454 g/mol. The monoisotopic (exact) mass is 479 g/mol. The Labute approximate surface area is 201 Å². The predicted molar refractivity (Wildman–Crippen MR) is 129 cm³/mol. The van der Waals surface area contributed by atoms with E-state index in [-0.39, 0.29) is 11.7 Å². The fourth-order valence-electron chi connectivity index (χ4n) is 3.40. The molecule has 4 rings (SSSR count). The first-order valence-corrected chi connectivity index (χ1v) is 11.5. The van der Waals surface area contributed by atoms with E-state index in [4.69, 9.17) is 9.47 Å². The molecule has 0 aliphatic carbocycles. The van der Waals surface area contributed by atoms with Gasteiger partial charge in [0.2, 0.25) is 11.1 Å². The highest BCUT2D eigenvalue weighted by Crippen LogP contribution is 2.26. The highest BCUT2D eigenvalue weighted by atomic mass is 32.2. The predicted octanol–water partition coefficient (Wildman–Crippen LogP) is 3.27. The lowest BCUT2D eigenvalue weighted by molar-refractivity contribution is -0.113. The van der Waals surface area contributed by atoms with Gasteiger partial charge in [-0.3, -0.25) is 4.79 Å². The topological polar surface area (TPSA) is 109 Å². The summed E-state index contributed by atoms with van der Waals surface area (Å²) in [5.74, 6) is 1.92. The molecule has 0 saturated heterocycles. The molecule has 0 aliphatic rings. The van der Waals surface area contributed by atoms with Gasteiger partial charge >= 0.3 is 0 Å². The first-order valence-electron chi connectivity index (χ1n) is 10.5. The molecule has 11 heteroatoms. The number of hydrogen-bond acceptors (Lipinski definition) is 8. The van der Waals surface area contributed by atoms with E-state index < -0.39 is 0 Å². The first-order chi connectivity index (χ1) is 16.5. The van der Waals surface area contributed by atoms with Gasteiger partial charge in [-0.2, -0.15) is 9.78 Å². The third-order valence-electron chi connectivity index (χ3n) is 5.38. The fourth-order valence-corrected chi connectivity index (χ4v) is 4.09. The minimum Gasteiger partial charge on any atom is -0.497 e. The van der Waals surface area contributed by atoms with E-state index in [2.05, 4.69) is 25.9 Å². The molecule has 0 saturated carbocycles. The molecule has 0 aliphatic heterocycles. The van der Waals surface area contributed by atoms with Gasteiger partial charge in [-0.1, -0.05) is 23.9 Å². The number of benzene rings is 2.